The highest BCUT2D eigenvalue weighted by molar-refractivity contribution is 14.1. The lowest BCUT2D eigenvalue weighted by Gasteiger charge is -2.10. The fraction of sp³-hybridized carbons (Fsp3) is 0.462. The third-order valence-corrected chi connectivity index (χ3v) is 4.09. The summed E-state index contributed by atoms with van der Waals surface area (Å²) in [4.78, 5) is 11.9. The SMILES string of the molecule is O=C(NCCC1CCNC1)c1c(F)cccc1I. The zero-order valence-corrected chi connectivity index (χ0v) is 12.2. The maximum absolute atomic E-state index is 13.6. The maximum atomic E-state index is 13.6. The Bertz CT molecular complexity index is 413. The van der Waals surface area contributed by atoms with Gasteiger partial charge in [0, 0.05) is 10.1 Å². The second kappa shape index (κ2) is 6.47. The van der Waals surface area contributed by atoms with Gasteiger partial charge in [0.05, 0.1) is 5.56 Å². The monoisotopic (exact) mass is 362 g/mol. The van der Waals surface area contributed by atoms with Crippen molar-refractivity contribution in [3.63, 3.8) is 0 Å². The molecule has 1 heterocycles. The van der Waals surface area contributed by atoms with Crippen LogP contribution in [-0.4, -0.2) is 25.5 Å². The van der Waals surface area contributed by atoms with E-state index in [2.05, 4.69) is 10.6 Å². The number of amides is 1. The first kappa shape index (κ1) is 13.7. The molecule has 0 spiro atoms. The van der Waals surface area contributed by atoms with Gasteiger partial charge >= 0.3 is 0 Å². The molecule has 1 saturated heterocycles. The Morgan fingerprint density at radius 1 is 1.56 bits per heavy atom. The smallest absolute Gasteiger partial charge is 0.255 e. The van der Waals surface area contributed by atoms with Gasteiger partial charge in [-0.05, 0) is 66.6 Å². The van der Waals surface area contributed by atoms with Crippen LogP contribution in [0.1, 0.15) is 23.2 Å². The molecule has 98 valence electrons. The van der Waals surface area contributed by atoms with Gasteiger partial charge in [-0.15, -0.1) is 0 Å². The van der Waals surface area contributed by atoms with Crippen molar-refractivity contribution in [3.05, 3.63) is 33.1 Å². The largest absolute Gasteiger partial charge is 0.352 e. The Morgan fingerprint density at radius 3 is 3.06 bits per heavy atom. The first-order chi connectivity index (χ1) is 8.68. The number of nitrogens with one attached hydrogen (secondary N) is 2. The van der Waals surface area contributed by atoms with E-state index in [9.17, 15) is 9.18 Å². The summed E-state index contributed by atoms with van der Waals surface area (Å²) >= 11 is 1.98. The zero-order chi connectivity index (χ0) is 13.0. The van der Waals surface area contributed by atoms with Crippen LogP contribution in [-0.2, 0) is 0 Å². The van der Waals surface area contributed by atoms with Crippen LogP contribution in [0.15, 0.2) is 18.2 Å². The Hall–Kier alpha value is -0.690. The molecule has 1 aromatic carbocycles. The van der Waals surface area contributed by atoms with Crippen molar-refractivity contribution in [2.75, 3.05) is 19.6 Å². The normalized spacial score (nSPS) is 18.9. The molecule has 3 nitrogen and oxygen atoms in total. The summed E-state index contributed by atoms with van der Waals surface area (Å²) in [6, 6.07) is 4.66. The van der Waals surface area contributed by atoms with Crippen LogP contribution in [0.5, 0.6) is 0 Å². The molecule has 1 fully saturated rings. The Kier molecular flexibility index (Phi) is 4.94. The molecule has 2 rings (SSSR count). The zero-order valence-electron chi connectivity index (χ0n) is 10.0. The van der Waals surface area contributed by atoms with Gasteiger partial charge < -0.3 is 10.6 Å². The summed E-state index contributed by atoms with van der Waals surface area (Å²) in [6.07, 6.45) is 2.11. The first-order valence-electron chi connectivity index (χ1n) is 6.11. The Balaban J connectivity index is 1.87. The van der Waals surface area contributed by atoms with Gasteiger partial charge in [0.2, 0.25) is 0 Å². The van der Waals surface area contributed by atoms with Crippen LogP contribution in [0, 0.1) is 15.3 Å². The average Bonchev–Trinajstić information content (AvgIpc) is 2.82. The molecule has 0 aromatic heterocycles. The number of carbonyl (C=O) groups is 1. The van der Waals surface area contributed by atoms with Crippen molar-refractivity contribution < 1.29 is 9.18 Å². The quantitative estimate of drug-likeness (QED) is 0.807. The van der Waals surface area contributed by atoms with Crippen LogP contribution in [0.3, 0.4) is 0 Å². The lowest BCUT2D eigenvalue weighted by Crippen LogP contribution is -2.28. The molecule has 0 aliphatic carbocycles. The van der Waals surface area contributed by atoms with Gasteiger partial charge in [-0.3, -0.25) is 4.79 Å². The average molecular weight is 362 g/mol. The van der Waals surface area contributed by atoms with E-state index < -0.39 is 5.82 Å². The van der Waals surface area contributed by atoms with Gasteiger partial charge in [-0.1, -0.05) is 6.07 Å². The number of benzene rings is 1. The molecule has 0 saturated carbocycles. The Labute approximate surface area is 120 Å². The minimum absolute atomic E-state index is 0.155. The third-order valence-electron chi connectivity index (χ3n) is 3.19. The summed E-state index contributed by atoms with van der Waals surface area (Å²) in [5.41, 5.74) is 0.155. The predicted molar refractivity (Wildman–Crippen MR) is 77.0 cm³/mol. The summed E-state index contributed by atoms with van der Waals surface area (Å²) in [6.45, 7) is 2.69. The molecule has 1 aromatic rings. The molecule has 0 bridgehead atoms. The summed E-state index contributed by atoms with van der Waals surface area (Å²) in [5, 5.41) is 6.08. The number of rotatable bonds is 4. The van der Waals surface area contributed by atoms with E-state index in [0.29, 0.717) is 16.0 Å². The summed E-state index contributed by atoms with van der Waals surface area (Å²) in [7, 11) is 0. The van der Waals surface area contributed by atoms with E-state index in [0.717, 1.165) is 25.9 Å². The highest BCUT2D eigenvalue weighted by Crippen LogP contribution is 2.16. The van der Waals surface area contributed by atoms with Crippen molar-refractivity contribution in [2.45, 2.75) is 12.8 Å². The fourth-order valence-corrected chi connectivity index (χ4v) is 2.86. The van der Waals surface area contributed by atoms with E-state index in [4.69, 9.17) is 0 Å². The minimum atomic E-state index is -0.457. The number of hydrogen-bond donors (Lipinski definition) is 2. The van der Waals surface area contributed by atoms with E-state index in [1.165, 1.54) is 6.07 Å². The molecule has 1 atom stereocenters. The standard InChI is InChI=1S/C13H16FIN2O/c14-10-2-1-3-11(15)12(10)13(18)17-7-5-9-4-6-16-8-9/h1-3,9,16H,4-8H2,(H,17,18). The molecule has 1 aliphatic rings. The fourth-order valence-electron chi connectivity index (χ4n) is 2.15. The first-order valence-corrected chi connectivity index (χ1v) is 7.19. The lowest BCUT2D eigenvalue weighted by atomic mass is 10.1. The number of carbonyl (C=O) groups excluding carboxylic acids is 1. The second-order valence-corrected chi connectivity index (χ2v) is 5.66. The topological polar surface area (TPSA) is 41.1 Å². The molecular weight excluding hydrogens is 346 g/mol. The summed E-state index contributed by atoms with van der Waals surface area (Å²) in [5.74, 6) is -0.143. The van der Waals surface area contributed by atoms with E-state index in [-0.39, 0.29) is 11.5 Å². The van der Waals surface area contributed by atoms with Crippen LogP contribution in [0.4, 0.5) is 4.39 Å². The number of hydrogen-bond acceptors (Lipinski definition) is 2. The van der Waals surface area contributed by atoms with Gasteiger partial charge in [-0.25, -0.2) is 4.39 Å². The molecular formula is C13H16FIN2O. The van der Waals surface area contributed by atoms with Gasteiger partial charge in [0.1, 0.15) is 5.82 Å². The summed E-state index contributed by atoms with van der Waals surface area (Å²) < 4.78 is 14.2. The molecule has 1 aliphatic heterocycles. The van der Waals surface area contributed by atoms with E-state index in [1.54, 1.807) is 12.1 Å². The molecule has 2 N–H and O–H groups in total. The van der Waals surface area contributed by atoms with Gasteiger partial charge in [0.15, 0.2) is 0 Å². The third kappa shape index (κ3) is 3.41. The lowest BCUT2D eigenvalue weighted by molar-refractivity contribution is 0.0946. The van der Waals surface area contributed by atoms with Gasteiger partial charge in [0.25, 0.3) is 5.91 Å². The Morgan fingerprint density at radius 2 is 2.39 bits per heavy atom. The van der Waals surface area contributed by atoms with Crippen molar-refractivity contribution in [2.24, 2.45) is 5.92 Å². The second-order valence-electron chi connectivity index (χ2n) is 4.50. The maximum Gasteiger partial charge on any atom is 0.255 e. The molecule has 1 unspecified atom stereocenters. The van der Waals surface area contributed by atoms with Crippen molar-refractivity contribution in [3.8, 4) is 0 Å². The van der Waals surface area contributed by atoms with Crippen molar-refractivity contribution in [1.29, 1.82) is 0 Å². The predicted octanol–water partition coefficient (Wildman–Crippen LogP) is 2.16. The van der Waals surface area contributed by atoms with E-state index in [1.807, 2.05) is 22.6 Å². The van der Waals surface area contributed by atoms with Crippen LogP contribution in [0.25, 0.3) is 0 Å². The minimum Gasteiger partial charge on any atom is -0.352 e. The number of halogens is 2. The van der Waals surface area contributed by atoms with E-state index >= 15 is 0 Å². The highest BCUT2D eigenvalue weighted by atomic mass is 127. The van der Waals surface area contributed by atoms with Crippen LogP contribution < -0.4 is 10.6 Å². The molecule has 0 radical (unpaired) electrons. The van der Waals surface area contributed by atoms with Crippen LogP contribution in [0.2, 0.25) is 0 Å². The van der Waals surface area contributed by atoms with Crippen molar-refractivity contribution >= 4 is 28.5 Å². The molecule has 1 amide bonds. The highest BCUT2D eigenvalue weighted by Gasteiger charge is 2.17. The molecule has 18 heavy (non-hydrogen) atoms. The molecule has 5 heteroatoms. The van der Waals surface area contributed by atoms with Crippen LogP contribution >= 0.6 is 22.6 Å². The van der Waals surface area contributed by atoms with Gasteiger partial charge in [-0.2, -0.15) is 0 Å². The van der Waals surface area contributed by atoms with Crippen molar-refractivity contribution in [1.82, 2.24) is 10.6 Å².